The number of carboxylic acid groups (broad SMARTS) is 1. The average molecular weight is 402 g/mol. The normalized spacial score (nSPS) is 23.0. The molecule has 1 N–H and O–H groups in total. The summed E-state index contributed by atoms with van der Waals surface area (Å²) < 4.78 is 7.09. The lowest BCUT2D eigenvalue weighted by atomic mass is 9.92. The summed E-state index contributed by atoms with van der Waals surface area (Å²) in [5, 5.41) is 10.6. The number of amides is 1. The molecule has 0 saturated carbocycles. The lowest BCUT2D eigenvalue weighted by Gasteiger charge is -2.38. The first-order valence-corrected chi connectivity index (χ1v) is 10.6. The van der Waals surface area contributed by atoms with E-state index >= 15 is 0 Å². The molecule has 4 rings (SSSR count). The summed E-state index contributed by atoms with van der Waals surface area (Å²) in [6.07, 6.45) is 3.89. The molecule has 2 aromatic rings. The number of allylic oxidation sites excluding steroid dienone is 1. The van der Waals surface area contributed by atoms with Crippen molar-refractivity contribution in [2.24, 2.45) is 5.92 Å². The van der Waals surface area contributed by atoms with Gasteiger partial charge in [-0.3, -0.25) is 4.90 Å². The molecule has 0 radical (unpaired) electrons. The lowest BCUT2D eigenvalue weighted by molar-refractivity contribution is -0.0584. The summed E-state index contributed by atoms with van der Waals surface area (Å²) in [6.45, 7) is 4.59. The molecule has 3 heterocycles. The molecule has 0 unspecified atom stereocenters. The summed E-state index contributed by atoms with van der Waals surface area (Å²) in [5.41, 5.74) is 2.28. The van der Waals surface area contributed by atoms with Crippen LogP contribution in [0, 0.1) is 5.92 Å². The minimum Gasteiger partial charge on any atom is -0.465 e. The van der Waals surface area contributed by atoms with Crippen molar-refractivity contribution < 1.29 is 14.6 Å². The van der Waals surface area contributed by atoms with Crippen LogP contribution in [-0.4, -0.2) is 59.8 Å². The van der Waals surface area contributed by atoms with Gasteiger partial charge in [-0.15, -0.1) is 11.3 Å². The number of likely N-dealkylation sites (tertiary alicyclic amines) is 1. The summed E-state index contributed by atoms with van der Waals surface area (Å²) in [4.78, 5) is 20.4. The number of aromatic nitrogens is 1. The van der Waals surface area contributed by atoms with E-state index in [0.29, 0.717) is 12.5 Å². The Balaban J connectivity index is 1.70. The standard InChI is InChI=1S/C21H27N3O3S/c1-14-4-6-17(24(13-14)20(25)26)15-5-7-18-16(12-15)22-19(28-18)21(27-3)8-10-23(2)11-9-21/h5-7,12,14H,4,8-11,13H2,1-3H3,(H,25,26)/t14-/m0/s1. The summed E-state index contributed by atoms with van der Waals surface area (Å²) >= 11 is 1.69. The third-order valence-corrected chi connectivity index (χ3v) is 7.21. The Labute approximate surface area is 169 Å². The van der Waals surface area contributed by atoms with Crippen molar-refractivity contribution in [1.29, 1.82) is 0 Å². The molecule has 0 bridgehead atoms. The Hall–Kier alpha value is -1.96. The molecule has 1 amide bonds. The number of ether oxygens (including phenoxy) is 1. The third-order valence-electron chi connectivity index (χ3n) is 5.99. The second-order valence-corrected chi connectivity index (χ2v) is 9.06. The number of piperidine rings is 1. The van der Waals surface area contributed by atoms with Gasteiger partial charge in [0.05, 0.1) is 15.9 Å². The summed E-state index contributed by atoms with van der Waals surface area (Å²) in [7, 11) is 3.92. The van der Waals surface area contributed by atoms with Crippen LogP contribution < -0.4 is 0 Å². The number of carbonyl (C=O) groups is 1. The molecule has 2 aliphatic rings. The van der Waals surface area contributed by atoms with E-state index in [1.165, 1.54) is 4.90 Å². The zero-order chi connectivity index (χ0) is 19.9. The number of fused-ring (bicyclic) bond motifs is 1. The van der Waals surface area contributed by atoms with Gasteiger partial charge >= 0.3 is 6.09 Å². The molecule has 1 saturated heterocycles. The molecule has 6 nitrogen and oxygen atoms in total. The van der Waals surface area contributed by atoms with Crippen LogP contribution in [0.2, 0.25) is 0 Å². The molecule has 0 spiro atoms. The van der Waals surface area contributed by atoms with E-state index in [-0.39, 0.29) is 5.60 Å². The second-order valence-electron chi connectivity index (χ2n) is 8.03. The first-order chi connectivity index (χ1) is 13.4. The number of thiazole rings is 1. The predicted octanol–water partition coefficient (Wildman–Crippen LogP) is 4.22. The second kappa shape index (κ2) is 7.46. The Morgan fingerprint density at radius 1 is 1.36 bits per heavy atom. The maximum Gasteiger partial charge on any atom is 0.411 e. The van der Waals surface area contributed by atoms with E-state index in [4.69, 9.17) is 9.72 Å². The average Bonchev–Trinajstić information content (AvgIpc) is 3.12. The fourth-order valence-electron chi connectivity index (χ4n) is 4.13. The van der Waals surface area contributed by atoms with Crippen LogP contribution in [0.1, 0.15) is 36.8 Å². The highest BCUT2D eigenvalue weighted by Crippen LogP contribution is 2.40. The molecule has 1 aromatic heterocycles. The summed E-state index contributed by atoms with van der Waals surface area (Å²) in [6, 6.07) is 6.09. The van der Waals surface area contributed by atoms with Crippen molar-refractivity contribution in [1.82, 2.24) is 14.8 Å². The van der Waals surface area contributed by atoms with Crippen molar-refractivity contribution in [3.8, 4) is 0 Å². The van der Waals surface area contributed by atoms with Crippen LogP contribution in [0.25, 0.3) is 15.9 Å². The van der Waals surface area contributed by atoms with Crippen molar-refractivity contribution >= 4 is 33.3 Å². The smallest absolute Gasteiger partial charge is 0.411 e. The lowest BCUT2D eigenvalue weighted by Crippen LogP contribution is -2.42. The van der Waals surface area contributed by atoms with Crippen LogP contribution in [0.15, 0.2) is 24.3 Å². The monoisotopic (exact) mass is 401 g/mol. The Bertz CT molecular complexity index is 915. The van der Waals surface area contributed by atoms with Crippen LogP contribution in [0.3, 0.4) is 0 Å². The maximum atomic E-state index is 11.7. The minimum atomic E-state index is -0.901. The zero-order valence-electron chi connectivity index (χ0n) is 16.6. The first kappa shape index (κ1) is 19.4. The topological polar surface area (TPSA) is 65.9 Å². The molecule has 1 fully saturated rings. The Morgan fingerprint density at radius 3 is 2.79 bits per heavy atom. The highest BCUT2D eigenvalue weighted by Gasteiger charge is 2.38. The van der Waals surface area contributed by atoms with Gasteiger partial charge in [0.25, 0.3) is 0 Å². The molecule has 2 aliphatic heterocycles. The van der Waals surface area contributed by atoms with Gasteiger partial charge in [-0.05, 0) is 44.4 Å². The van der Waals surface area contributed by atoms with Gasteiger partial charge in [-0.2, -0.15) is 0 Å². The highest BCUT2D eigenvalue weighted by atomic mass is 32.1. The van der Waals surface area contributed by atoms with Crippen molar-refractivity contribution in [3.05, 3.63) is 34.8 Å². The number of hydrogen-bond acceptors (Lipinski definition) is 5. The molecule has 1 atom stereocenters. The quantitative estimate of drug-likeness (QED) is 0.834. The highest BCUT2D eigenvalue weighted by molar-refractivity contribution is 7.18. The van der Waals surface area contributed by atoms with Crippen molar-refractivity contribution in [2.45, 2.75) is 31.8 Å². The molecular formula is C21H27N3O3S. The van der Waals surface area contributed by atoms with Crippen molar-refractivity contribution in [2.75, 3.05) is 33.8 Å². The predicted molar refractivity (Wildman–Crippen MR) is 112 cm³/mol. The van der Waals surface area contributed by atoms with Gasteiger partial charge in [0.15, 0.2) is 0 Å². The number of benzene rings is 1. The molecular weight excluding hydrogens is 374 g/mol. The Morgan fingerprint density at radius 2 is 2.11 bits per heavy atom. The Kier molecular flexibility index (Phi) is 5.16. The maximum absolute atomic E-state index is 11.7. The van der Waals surface area contributed by atoms with Crippen LogP contribution in [0.5, 0.6) is 0 Å². The first-order valence-electron chi connectivity index (χ1n) is 9.77. The van der Waals surface area contributed by atoms with Crippen LogP contribution >= 0.6 is 11.3 Å². The van der Waals surface area contributed by atoms with E-state index < -0.39 is 6.09 Å². The number of methoxy groups -OCH3 is 1. The number of rotatable bonds is 3. The van der Waals surface area contributed by atoms with Crippen LogP contribution in [0.4, 0.5) is 4.79 Å². The van der Waals surface area contributed by atoms with Gasteiger partial charge in [0.2, 0.25) is 0 Å². The fraction of sp³-hybridized carbons (Fsp3) is 0.524. The van der Waals surface area contributed by atoms with E-state index in [2.05, 4.69) is 24.9 Å². The third kappa shape index (κ3) is 3.43. The molecule has 28 heavy (non-hydrogen) atoms. The largest absolute Gasteiger partial charge is 0.465 e. The number of nitrogens with zero attached hydrogens (tertiary/aromatic N) is 3. The zero-order valence-corrected chi connectivity index (χ0v) is 17.5. The van der Waals surface area contributed by atoms with E-state index in [1.807, 2.05) is 18.2 Å². The van der Waals surface area contributed by atoms with E-state index in [0.717, 1.165) is 58.8 Å². The van der Waals surface area contributed by atoms with Gasteiger partial charge in [0, 0.05) is 32.3 Å². The molecule has 1 aromatic carbocycles. The van der Waals surface area contributed by atoms with Gasteiger partial charge in [-0.1, -0.05) is 19.1 Å². The number of hydrogen-bond donors (Lipinski definition) is 1. The van der Waals surface area contributed by atoms with Gasteiger partial charge < -0.3 is 14.7 Å². The van der Waals surface area contributed by atoms with E-state index in [1.54, 1.807) is 18.4 Å². The molecule has 150 valence electrons. The SMILES string of the molecule is COC1(c2nc3cc(C4=CC[C@H](C)CN4C(=O)O)ccc3s2)CCN(C)CC1. The fourth-order valence-corrected chi connectivity index (χ4v) is 5.30. The molecule has 0 aliphatic carbocycles. The van der Waals surface area contributed by atoms with E-state index in [9.17, 15) is 9.90 Å². The summed E-state index contributed by atoms with van der Waals surface area (Å²) in [5.74, 6) is 0.334. The van der Waals surface area contributed by atoms with Gasteiger partial charge in [0.1, 0.15) is 10.6 Å². The molecule has 7 heteroatoms. The van der Waals surface area contributed by atoms with Gasteiger partial charge in [-0.25, -0.2) is 9.78 Å². The van der Waals surface area contributed by atoms with Crippen LogP contribution in [-0.2, 0) is 10.3 Å². The minimum absolute atomic E-state index is 0.316. The van der Waals surface area contributed by atoms with Crippen molar-refractivity contribution in [3.63, 3.8) is 0 Å².